The average Bonchev–Trinajstić information content (AvgIpc) is 2.98. The predicted molar refractivity (Wildman–Crippen MR) is 69.6 cm³/mol. The molecule has 1 unspecified atom stereocenters. The van der Waals surface area contributed by atoms with Crippen LogP contribution in [0.25, 0.3) is 0 Å². The Balaban J connectivity index is 1.83. The molecule has 0 radical (unpaired) electrons. The molecular formula is C14H28N2. The fourth-order valence-electron chi connectivity index (χ4n) is 2.92. The first-order chi connectivity index (χ1) is 7.62. The van der Waals surface area contributed by atoms with Crippen LogP contribution in [0, 0.1) is 11.3 Å². The zero-order valence-corrected chi connectivity index (χ0v) is 11.3. The van der Waals surface area contributed by atoms with E-state index >= 15 is 0 Å². The summed E-state index contributed by atoms with van der Waals surface area (Å²) < 4.78 is 0. The van der Waals surface area contributed by atoms with Gasteiger partial charge in [-0.3, -0.25) is 0 Å². The minimum atomic E-state index is 0.690. The predicted octanol–water partition coefficient (Wildman–Crippen LogP) is 2.50. The van der Waals surface area contributed by atoms with Gasteiger partial charge in [0, 0.05) is 12.6 Å². The van der Waals surface area contributed by atoms with E-state index in [0.717, 1.165) is 5.92 Å². The highest BCUT2D eigenvalue weighted by molar-refractivity contribution is 4.97. The zero-order valence-electron chi connectivity index (χ0n) is 11.3. The highest BCUT2D eigenvalue weighted by Gasteiger charge is 2.46. The van der Waals surface area contributed by atoms with Gasteiger partial charge in [-0.2, -0.15) is 0 Å². The van der Waals surface area contributed by atoms with Gasteiger partial charge in [0.25, 0.3) is 0 Å². The third kappa shape index (κ3) is 2.98. The summed E-state index contributed by atoms with van der Waals surface area (Å²) in [5.74, 6) is 0.869. The van der Waals surface area contributed by atoms with Crippen molar-refractivity contribution in [3.63, 3.8) is 0 Å². The maximum absolute atomic E-state index is 3.58. The minimum Gasteiger partial charge on any atom is -0.314 e. The Labute approximate surface area is 101 Å². The van der Waals surface area contributed by atoms with Crippen molar-refractivity contribution >= 4 is 0 Å². The highest BCUT2D eigenvalue weighted by atomic mass is 15.1. The highest BCUT2D eigenvalue weighted by Crippen LogP contribution is 2.52. The second-order valence-corrected chi connectivity index (χ2v) is 6.29. The molecule has 1 aliphatic heterocycles. The molecule has 0 spiro atoms. The molecule has 2 aliphatic rings. The number of hydrogen-bond donors (Lipinski definition) is 1. The molecule has 0 bridgehead atoms. The topological polar surface area (TPSA) is 15.3 Å². The van der Waals surface area contributed by atoms with Crippen LogP contribution in [0.5, 0.6) is 0 Å². The Morgan fingerprint density at radius 2 is 2.06 bits per heavy atom. The Hall–Kier alpha value is -0.0800. The summed E-state index contributed by atoms with van der Waals surface area (Å²) in [7, 11) is 0. The number of nitrogens with zero attached hydrogens (tertiary/aromatic N) is 1. The van der Waals surface area contributed by atoms with E-state index in [0.29, 0.717) is 11.5 Å². The minimum absolute atomic E-state index is 0.690. The van der Waals surface area contributed by atoms with Crippen molar-refractivity contribution in [1.82, 2.24) is 10.2 Å². The molecule has 0 aromatic rings. The van der Waals surface area contributed by atoms with Crippen LogP contribution in [-0.4, -0.2) is 37.1 Å². The van der Waals surface area contributed by atoms with Gasteiger partial charge < -0.3 is 10.2 Å². The van der Waals surface area contributed by atoms with Crippen molar-refractivity contribution < 1.29 is 0 Å². The third-order valence-electron chi connectivity index (χ3n) is 4.68. The van der Waals surface area contributed by atoms with Crippen molar-refractivity contribution in [3.05, 3.63) is 0 Å². The van der Waals surface area contributed by atoms with E-state index in [1.807, 2.05) is 0 Å². The van der Waals surface area contributed by atoms with Gasteiger partial charge >= 0.3 is 0 Å². The van der Waals surface area contributed by atoms with Gasteiger partial charge in [-0.15, -0.1) is 0 Å². The molecular weight excluding hydrogens is 196 g/mol. The molecule has 94 valence electrons. The summed E-state index contributed by atoms with van der Waals surface area (Å²) in [6.07, 6.45) is 5.57. The second kappa shape index (κ2) is 5.05. The van der Waals surface area contributed by atoms with Gasteiger partial charge in [0.05, 0.1) is 0 Å². The first-order valence-corrected chi connectivity index (χ1v) is 7.08. The fraction of sp³-hybridized carbons (Fsp3) is 1.00. The van der Waals surface area contributed by atoms with Crippen LogP contribution < -0.4 is 5.32 Å². The quantitative estimate of drug-likeness (QED) is 0.792. The molecule has 1 saturated carbocycles. The smallest absolute Gasteiger partial charge is 0.00509 e. The molecule has 1 saturated heterocycles. The first-order valence-electron chi connectivity index (χ1n) is 7.08. The lowest BCUT2D eigenvalue weighted by atomic mass is 9.91. The van der Waals surface area contributed by atoms with Gasteiger partial charge in [0.2, 0.25) is 0 Å². The van der Waals surface area contributed by atoms with Crippen LogP contribution in [0.1, 0.15) is 46.5 Å². The van der Waals surface area contributed by atoms with E-state index in [9.17, 15) is 0 Å². The van der Waals surface area contributed by atoms with Crippen LogP contribution in [0.15, 0.2) is 0 Å². The van der Waals surface area contributed by atoms with Crippen molar-refractivity contribution in [2.75, 3.05) is 26.2 Å². The lowest BCUT2D eigenvalue weighted by Gasteiger charge is -2.32. The van der Waals surface area contributed by atoms with E-state index in [-0.39, 0.29) is 0 Å². The molecule has 16 heavy (non-hydrogen) atoms. The van der Waals surface area contributed by atoms with Crippen LogP contribution in [-0.2, 0) is 0 Å². The standard InChI is InChI=1S/C14H28N2/c1-12(2)14(6-7-14)11-16-9-4-8-15-13(3)5-10-16/h12-13,15H,4-11H2,1-3H3. The van der Waals surface area contributed by atoms with Gasteiger partial charge in [-0.05, 0) is 63.6 Å². The molecule has 1 N–H and O–H groups in total. The molecule has 2 rings (SSSR count). The maximum Gasteiger partial charge on any atom is 0.00509 e. The van der Waals surface area contributed by atoms with Crippen LogP contribution in [0.2, 0.25) is 0 Å². The Morgan fingerprint density at radius 3 is 2.69 bits per heavy atom. The molecule has 2 heteroatoms. The van der Waals surface area contributed by atoms with E-state index in [1.165, 1.54) is 51.9 Å². The SMILES string of the molecule is CC1CCN(CC2(C(C)C)CC2)CCCN1. The second-order valence-electron chi connectivity index (χ2n) is 6.29. The van der Waals surface area contributed by atoms with Gasteiger partial charge in [-0.25, -0.2) is 0 Å². The normalized spacial score (nSPS) is 31.1. The van der Waals surface area contributed by atoms with Gasteiger partial charge in [0.15, 0.2) is 0 Å². The summed E-state index contributed by atoms with van der Waals surface area (Å²) in [5.41, 5.74) is 0.690. The average molecular weight is 224 g/mol. The van der Waals surface area contributed by atoms with Crippen molar-refractivity contribution in [3.8, 4) is 0 Å². The molecule has 2 nitrogen and oxygen atoms in total. The molecule has 1 aliphatic carbocycles. The van der Waals surface area contributed by atoms with Gasteiger partial charge in [-0.1, -0.05) is 13.8 Å². The Morgan fingerprint density at radius 1 is 1.31 bits per heavy atom. The van der Waals surface area contributed by atoms with E-state index in [2.05, 4.69) is 31.0 Å². The number of nitrogens with one attached hydrogen (secondary N) is 1. The third-order valence-corrected chi connectivity index (χ3v) is 4.68. The Bertz CT molecular complexity index is 221. The summed E-state index contributed by atoms with van der Waals surface area (Å²) in [5, 5.41) is 3.58. The monoisotopic (exact) mass is 224 g/mol. The lowest BCUT2D eigenvalue weighted by Crippen LogP contribution is -2.41. The summed E-state index contributed by atoms with van der Waals surface area (Å²) in [4.78, 5) is 2.73. The molecule has 0 aromatic carbocycles. The molecule has 2 fully saturated rings. The van der Waals surface area contributed by atoms with Crippen LogP contribution in [0.4, 0.5) is 0 Å². The maximum atomic E-state index is 3.58. The molecule has 0 amide bonds. The van der Waals surface area contributed by atoms with Gasteiger partial charge in [0.1, 0.15) is 0 Å². The van der Waals surface area contributed by atoms with E-state index < -0.39 is 0 Å². The number of rotatable bonds is 3. The largest absolute Gasteiger partial charge is 0.314 e. The molecule has 1 atom stereocenters. The van der Waals surface area contributed by atoms with Crippen LogP contribution >= 0.6 is 0 Å². The van der Waals surface area contributed by atoms with Crippen molar-refractivity contribution in [2.24, 2.45) is 11.3 Å². The Kier molecular flexibility index (Phi) is 3.91. The zero-order chi connectivity index (χ0) is 11.6. The summed E-state index contributed by atoms with van der Waals surface area (Å²) in [6.45, 7) is 12.3. The summed E-state index contributed by atoms with van der Waals surface area (Å²) in [6, 6.07) is 0.706. The lowest BCUT2D eigenvalue weighted by molar-refractivity contribution is 0.168. The van der Waals surface area contributed by atoms with Crippen molar-refractivity contribution in [2.45, 2.75) is 52.5 Å². The number of hydrogen-bond acceptors (Lipinski definition) is 2. The molecule has 0 aromatic heterocycles. The summed E-state index contributed by atoms with van der Waals surface area (Å²) >= 11 is 0. The van der Waals surface area contributed by atoms with Crippen LogP contribution in [0.3, 0.4) is 0 Å². The first kappa shape index (κ1) is 12.4. The van der Waals surface area contributed by atoms with Crippen molar-refractivity contribution in [1.29, 1.82) is 0 Å². The van der Waals surface area contributed by atoms with E-state index in [1.54, 1.807) is 0 Å². The molecule has 1 heterocycles. The fourth-order valence-corrected chi connectivity index (χ4v) is 2.92. The van der Waals surface area contributed by atoms with E-state index in [4.69, 9.17) is 0 Å².